The molecular formula is C25H24N2O3S. The Balaban J connectivity index is 1.86. The van der Waals surface area contributed by atoms with E-state index in [2.05, 4.69) is 10.3 Å². The van der Waals surface area contributed by atoms with E-state index >= 15 is 0 Å². The summed E-state index contributed by atoms with van der Waals surface area (Å²) in [5.41, 5.74) is 4.43. The minimum absolute atomic E-state index is 0.143. The Bertz CT molecular complexity index is 1330. The zero-order valence-corrected chi connectivity index (χ0v) is 18.5. The van der Waals surface area contributed by atoms with Crippen LogP contribution in [0.3, 0.4) is 0 Å². The van der Waals surface area contributed by atoms with Crippen molar-refractivity contribution in [2.24, 2.45) is 0 Å². The van der Waals surface area contributed by atoms with E-state index in [1.165, 1.54) is 11.8 Å². The van der Waals surface area contributed by atoms with Crippen LogP contribution >= 0.6 is 0 Å². The Morgan fingerprint density at radius 2 is 1.55 bits per heavy atom. The number of rotatable bonds is 6. The highest BCUT2D eigenvalue weighted by Crippen LogP contribution is 2.35. The second-order valence-electron chi connectivity index (χ2n) is 7.54. The number of nitrogens with zero attached hydrogens (tertiary/aromatic N) is 1. The number of ether oxygens (including phenoxy) is 1. The fourth-order valence-electron chi connectivity index (χ4n) is 3.41. The van der Waals surface area contributed by atoms with Gasteiger partial charge in [0.1, 0.15) is 10.6 Å². The molecule has 3 aromatic carbocycles. The molecule has 0 amide bonds. The summed E-state index contributed by atoms with van der Waals surface area (Å²) >= 11 is 0. The molecule has 1 heterocycles. The largest absolute Gasteiger partial charge is 0.497 e. The maximum Gasteiger partial charge on any atom is 0.210 e. The van der Waals surface area contributed by atoms with Gasteiger partial charge in [0, 0.05) is 18.1 Å². The number of pyridine rings is 1. The summed E-state index contributed by atoms with van der Waals surface area (Å²) in [5.74, 6) is 0.637. The van der Waals surface area contributed by atoms with Gasteiger partial charge in [-0.05, 0) is 49.7 Å². The molecule has 0 aliphatic heterocycles. The minimum atomic E-state index is -3.77. The lowest BCUT2D eigenvalue weighted by molar-refractivity contribution is 0.415. The lowest BCUT2D eigenvalue weighted by Crippen LogP contribution is -2.10. The Morgan fingerprint density at radius 1 is 0.903 bits per heavy atom. The molecule has 1 N–H and O–H groups in total. The van der Waals surface area contributed by atoms with Crippen LogP contribution in [0.15, 0.2) is 82.7 Å². The third kappa shape index (κ3) is 4.25. The fraction of sp³-hybridized carbons (Fsp3) is 0.160. The fourth-order valence-corrected chi connectivity index (χ4v) is 4.80. The van der Waals surface area contributed by atoms with Crippen LogP contribution in [0.25, 0.3) is 10.9 Å². The number of methoxy groups -OCH3 is 1. The molecule has 158 valence electrons. The molecule has 0 aliphatic rings. The van der Waals surface area contributed by atoms with Gasteiger partial charge in [0.05, 0.1) is 23.2 Å². The summed E-state index contributed by atoms with van der Waals surface area (Å²) in [5, 5.41) is 4.05. The van der Waals surface area contributed by atoms with Crippen molar-refractivity contribution in [2.75, 3.05) is 12.4 Å². The number of nitrogens with one attached hydrogen (secondary N) is 1. The summed E-state index contributed by atoms with van der Waals surface area (Å²) < 4.78 is 32.4. The smallest absolute Gasteiger partial charge is 0.210 e. The van der Waals surface area contributed by atoms with Crippen molar-refractivity contribution < 1.29 is 13.2 Å². The first-order valence-corrected chi connectivity index (χ1v) is 11.4. The van der Waals surface area contributed by atoms with E-state index in [1.54, 1.807) is 31.4 Å². The lowest BCUT2D eigenvalue weighted by Gasteiger charge is -2.16. The van der Waals surface area contributed by atoms with E-state index in [-0.39, 0.29) is 9.79 Å². The first kappa shape index (κ1) is 20.9. The number of aromatic nitrogens is 1. The van der Waals surface area contributed by atoms with Crippen molar-refractivity contribution in [1.82, 2.24) is 4.98 Å². The van der Waals surface area contributed by atoms with Crippen molar-refractivity contribution in [1.29, 1.82) is 0 Å². The van der Waals surface area contributed by atoms with Gasteiger partial charge in [-0.15, -0.1) is 0 Å². The van der Waals surface area contributed by atoms with Crippen molar-refractivity contribution in [2.45, 2.75) is 30.2 Å². The molecular weight excluding hydrogens is 408 g/mol. The van der Waals surface area contributed by atoms with Crippen molar-refractivity contribution >= 4 is 26.4 Å². The van der Waals surface area contributed by atoms with E-state index in [0.717, 1.165) is 11.1 Å². The number of aryl methyl sites for hydroxylation is 2. The molecule has 1 aromatic heterocycles. The third-order valence-corrected chi connectivity index (χ3v) is 7.03. The highest BCUT2D eigenvalue weighted by Gasteiger charge is 2.24. The zero-order valence-electron chi connectivity index (χ0n) is 17.7. The second kappa shape index (κ2) is 8.40. The first-order chi connectivity index (χ1) is 14.9. The summed E-state index contributed by atoms with van der Waals surface area (Å²) in [6.45, 7) is 4.44. The van der Waals surface area contributed by atoms with Crippen LogP contribution < -0.4 is 10.1 Å². The van der Waals surface area contributed by atoms with Gasteiger partial charge < -0.3 is 10.1 Å². The summed E-state index contributed by atoms with van der Waals surface area (Å²) in [6, 6.07) is 20.4. The standard InChI is InChI=1S/C25H24N2O3S/c1-17-4-8-19(9-5-17)15-27-25-22-14-20(30-3)10-13-23(22)26-16-24(25)31(28,29)21-11-6-18(2)7-12-21/h4-14,16H,15H2,1-3H3,(H,26,27). The van der Waals surface area contributed by atoms with Crippen LogP contribution in [0.2, 0.25) is 0 Å². The van der Waals surface area contributed by atoms with E-state index in [9.17, 15) is 8.42 Å². The summed E-state index contributed by atoms with van der Waals surface area (Å²) in [7, 11) is -2.19. The minimum Gasteiger partial charge on any atom is -0.497 e. The quantitative estimate of drug-likeness (QED) is 0.447. The predicted octanol–water partition coefficient (Wildman–Crippen LogP) is 5.31. The van der Waals surface area contributed by atoms with E-state index in [4.69, 9.17) is 4.74 Å². The van der Waals surface area contributed by atoms with Crippen LogP contribution in [-0.2, 0) is 16.4 Å². The molecule has 0 fully saturated rings. The topological polar surface area (TPSA) is 68.3 Å². The average molecular weight is 433 g/mol. The highest BCUT2D eigenvalue weighted by molar-refractivity contribution is 7.91. The molecule has 0 unspecified atom stereocenters. The number of fused-ring (bicyclic) bond motifs is 1. The predicted molar refractivity (Wildman–Crippen MR) is 123 cm³/mol. The van der Waals surface area contributed by atoms with Gasteiger partial charge in [-0.25, -0.2) is 8.42 Å². The Morgan fingerprint density at radius 3 is 2.19 bits per heavy atom. The zero-order chi connectivity index (χ0) is 22.0. The highest BCUT2D eigenvalue weighted by atomic mass is 32.2. The van der Waals surface area contributed by atoms with Gasteiger partial charge in [-0.1, -0.05) is 47.5 Å². The molecule has 0 aliphatic carbocycles. The molecule has 6 heteroatoms. The number of anilines is 1. The van der Waals surface area contributed by atoms with E-state index in [1.807, 2.05) is 56.3 Å². The van der Waals surface area contributed by atoms with Crippen molar-refractivity contribution in [3.63, 3.8) is 0 Å². The molecule has 0 atom stereocenters. The van der Waals surface area contributed by atoms with Gasteiger partial charge in [-0.3, -0.25) is 4.98 Å². The molecule has 0 spiro atoms. The van der Waals surface area contributed by atoms with Crippen LogP contribution in [0.5, 0.6) is 5.75 Å². The SMILES string of the molecule is COc1ccc2ncc(S(=O)(=O)c3ccc(C)cc3)c(NCc3ccc(C)cc3)c2c1. The Kier molecular flexibility index (Phi) is 5.65. The number of hydrogen-bond donors (Lipinski definition) is 1. The lowest BCUT2D eigenvalue weighted by atomic mass is 10.1. The average Bonchev–Trinajstić information content (AvgIpc) is 2.78. The van der Waals surface area contributed by atoms with E-state index in [0.29, 0.717) is 28.9 Å². The van der Waals surface area contributed by atoms with Crippen LogP contribution in [-0.4, -0.2) is 20.5 Å². The number of sulfone groups is 1. The van der Waals surface area contributed by atoms with E-state index < -0.39 is 9.84 Å². The van der Waals surface area contributed by atoms with Gasteiger partial charge >= 0.3 is 0 Å². The van der Waals surface area contributed by atoms with Crippen LogP contribution in [0.4, 0.5) is 5.69 Å². The van der Waals surface area contributed by atoms with Gasteiger partial charge in [0.2, 0.25) is 9.84 Å². The summed E-state index contributed by atoms with van der Waals surface area (Å²) in [4.78, 5) is 4.80. The molecule has 31 heavy (non-hydrogen) atoms. The van der Waals surface area contributed by atoms with Gasteiger partial charge in [0.25, 0.3) is 0 Å². The Labute approximate surface area is 182 Å². The maximum absolute atomic E-state index is 13.5. The second-order valence-corrected chi connectivity index (χ2v) is 9.45. The van der Waals surface area contributed by atoms with Crippen molar-refractivity contribution in [3.8, 4) is 5.75 Å². The van der Waals surface area contributed by atoms with Gasteiger partial charge in [0.15, 0.2) is 0 Å². The maximum atomic E-state index is 13.5. The molecule has 5 nitrogen and oxygen atoms in total. The molecule has 0 saturated carbocycles. The van der Waals surface area contributed by atoms with Gasteiger partial charge in [-0.2, -0.15) is 0 Å². The molecule has 0 bridgehead atoms. The van der Waals surface area contributed by atoms with Crippen LogP contribution in [0.1, 0.15) is 16.7 Å². The molecule has 4 rings (SSSR count). The normalized spacial score (nSPS) is 11.5. The molecule has 4 aromatic rings. The van der Waals surface area contributed by atoms with Crippen molar-refractivity contribution in [3.05, 3.63) is 89.6 Å². The molecule has 0 radical (unpaired) electrons. The summed E-state index contributed by atoms with van der Waals surface area (Å²) in [6.07, 6.45) is 1.43. The monoisotopic (exact) mass is 432 g/mol. The number of benzene rings is 3. The Hall–Kier alpha value is -3.38. The first-order valence-electron chi connectivity index (χ1n) is 9.96. The number of hydrogen-bond acceptors (Lipinski definition) is 5. The van der Waals surface area contributed by atoms with Crippen LogP contribution in [0, 0.1) is 13.8 Å². The molecule has 0 saturated heterocycles. The third-order valence-electron chi connectivity index (χ3n) is 5.25.